The number of fused-ring (bicyclic) bond motifs is 5. The van der Waals surface area contributed by atoms with E-state index in [1.54, 1.807) is 0 Å². The Morgan fingerprint density at radius 3 is 1.22 bits per heavy atom. The topological polar surface area (TPSA) is 77.8 Å². The quantitative estimate of drug-likeness (QED) is 0.162. The molecule has 0 saturated carbocycles. The Kier molecular flexibility index (Phi) is 8.04. The van der Waals surface area contributed by atoms with Crippen molar-refractivity contribution >= 4 is 33.0 Å². The summed E-state index contributed by atoms with van der Waals surface area (Å²) in [4.78, 5) is 20.0. The second-order valence-corrected chi connectivity index (χ2v) is 14.2. The van der Waals surface area contributed by atoms with Gasteiger partial charge in [-0.15, -0.1) is 0 Å². The van der Waals surface area contributed by atoms with Gasteiger partial charge in [-0.1, -0.05) is 164 Å². The van der Waals surface area contributed by atoms with Gasteiger partial charge in [-0.3, -0.25) is 0 Å². The largest absolute Gasteiger partial charge is 0.456 e. The normalized spacial score (nSPS) is 11.4. The minimum atomic E-state index is 0.567. The van der Waals surface area contributed by atoms with Crippen molar-refractivity contribution in [3.63, 3.8) is 0 Å². The molecule has 58 heavy (non-hydrogen) atoms. The summed E-state index contributed by atoms with van der Waals surface area (Å²) in [5.74, 6) is 2.40. The number of aromatic nitrogens is 4. The lowest BCUT2D eigenvalue weighted by atomic mass is 9.98. The van der Waals surface area contributed by atoms with Gasteiger partial charge in [0.15, 0.2) is 23.1 Å². The van der Waals surface area contributed by atoms with E-state index < -0.39 is 0 Å². The van der Waals surface area contributed by atoms with Crippen LogP contribution in [0.5, 0.6) is 0 Å². The molecule has 11 rings (SSSR count). The van der Waals surface area contributed by atoms with Gasteiger partial charge in [0.2, 0.25) is 5.89 Å². The fourth-order valence-corrected chi connectivity index (χ4v) is 7.69. The molecule has 6 heteroatoms. The summed E-state index contributed by atoms with van der Waals surface area (Å²) in [5.41, 5.74) is 13.3. The van der Waals surface area contributed by atoms with Gasteiger partial charge >= 0.3 is 0 Å². The van der Waals surface area contributed by atoms with E-state index in [0.717, 1.165) is 77.5 Å². The summed E-state index contributed by atoms with van der Waals surface area (Å²) in [6.07, 6.45) is 0. The molecule has 272 valence electrons. The zero-order valence-corrected chi connectivity index (χ0v) is 31.1. The first-order chi connectivity index (χ1) is 28.7. The summed E-state index contributed by atoms with van der Waals surface area (Å²) in [7, 11) is 0. The Morgan fingerprint density at radius 2 is 0.672 bits per heavy atom. The van der Waals surface area contributed by atoms with Crippen molar-refractivity contribution in [3.8, 4) is 79.0 Å². The third-order valence-corrected chi connectivity index (χ3v) is 10.6. The van der Waals surface area contributed by atoms with Crippen LogP contribution in [0.25, 0.3) is 112 Å². The third kappa shape index (κ3) is 6.01. The highest BCUT2D eigenvalue weighted by Crippen LogP contribution is 2.41. The summed E-state index contributed by atoms with van der Waals surface area (Å²) in [5, 5.41) is 1.92. The van der Waals surface area contributed by atoms with Crippen LogP contribution in [0.1, 0.15) is 0 Å². The molecule has 0 aliphatic carbocycles. The van der Waals surface area contributed by atoms with Gasteiger partial charge < -0.3 is 8.83 Å². The van der Waals surface area contributed by atoms with Crippen LogP contribution in [-0.2, 0) is 0 Å². The molecular formula is C52H32N4O2. The molecule has 0 atom stereocenters. The molecule has 8 aromatic carbocycles. The van der Waals surface area contributed by atoms with Crippen LogP contribution in [0.15, 0.2) is 203 Å². The van der Waals surface area contributed by atoms with Crippen LogP contribution in [0.3, 0.4) is 0 Å². The molecule has 0 saturated heterocycles. The molecule has 0 radical (unpaired) electrons. The van der Waals surface area contributed by atoms with Gasteiger partial charge in [-0.25, -0.2) is 19.9 Å². The Morgan fingerprint density at radius 1 is 0.259 bits per heavy atom. The molecule has 0 fully saturated rings. The van der Waals surface area contributed by atoms with Gasteiger partial charge in [0.1, 0.15) is 16.7 Å². The van der Waals surface area contributed by atoms with Crippen molar-refractivity contribution in [2.45, 2.75) is 0 Å². The fourth-order valence-electron chi connectivity index (χ4n) is 7.69. The molecule has 3 aromatic heterocycles. The third-order valence-electron chi connectivity index (χ3n) is 10.6. The first kappa shape index (κ1) is 33.4. The van der Waals surface area contributed by atoms with E-state index in [2.05, 4.69) is 115 Å². The van der Waals surface area contributed by atoms with Crippen molar-refractivity contribution in [3.05, 3.63) is 194 Å². The Labute approximate surface area is 333 Å². The van der Waals surface area contributed by atoms with E-state index in [1.165, 1.54) is 5.56 Å². The molecular weight excluding hydrogens is 713 g/mol. The Hall–Kier alpha value is -7.96. The highest BCUT2D eigenvalue weighted by molar-refractivity contribution is 6.21. The molecule has 3 heterocycles. The van der Waals surface area contributed by atoms with Crippen molar-refractivity contribution in [1.29, 1.82) is 0 Å². The SMILES string of the molecule is c1ccc(-c2ccc(-c3nc(-c4ccccc4)nc(-c4ccc(-c5cccc6oc7ccc8oc(-c9ccc(-c%10ccccc%10)cc9)nc8c7c56)cc4)n3)cc2)cc1. The molecule has 0 amide bonds. The second kappa shape index (κ2) is 14.0. The first-order valence-electron chi connectivity index (χ1n) is 19.2. The van der Waals surface area contributed by atoms with E-state index in [9.17, 15) is 0 Å². The van der Waals surface area contributed by atoms with Crippen LogP contribution in [0.4, 0.5) is 0 Å². The number of hydrogen-bond acceptors (Lipinski definition) is 6. The maximum absolute atomic E-state index is 6.43. The van der Waals surface area contributed by atoms with Gasteiger partial charge in [0.05, 0.1) is 5.39 Å². The van der Waals surface area contributed by atoms with Crippen molar-refractivity contribution in [2.24, 2.45) is 0 Å². The van der Waals surface area contributed by atoms with Crippen LogP contribution >= 0.6 is 0 Å². The van der Waals surface area contributed by atoms with Crippen molar-refractivity contribution in [2.75, 3.05) is 0 Å². The highest BCUT2D eigenvalue weighted by Gasteiger charge is 2.20. The lowest BCUT2D eigenvalue weighted by molar-refractivity contribution is 0.619. The number of rotatable bonds is 7. The summed E-state index contributed by atoms with van der Waals surface area (Å²) >= 11 is 0. The molecule has 0 bridgehead atoms. The zero-order valence-electron chi connectivity index (χ0n) is 31.1. The molecule has 0 aliphatic rings. The predicted octanol–water partition coefficient (Wildman–Crippen LogP) is 13.6. The molecule has 0 unspecified atom stereocenters. The molecule has 0 aliphatic heterocycles. The van der Waals surface area contributed by atoms with Crippen molar-refractivity contribution in [1.82, 2.24) is 19.9 Å². The lowest BCUT2D eigenvalue weighted by Gasteiger charge is -2.10. The second-order valence-electron chi connectivity index (χ2n) is 14.2. The van der Waals surface area contributed by atoms with Gasteiger partial charge in [-0.2, -0.15) is 0 Å². The first-order valence-corrected chi connectivity index (χ1v) is 19.2. The van der Waals surface area contributed by atoms with E-state index in [-0.39, 0.29) is 0 Å². The molecule has 0 spiro atoms. The van der Waals surface area contributed by atoms with Gasteiger partial charge in [0.25, 0.3) is 0 Å². The van der Waals surface area contributed by atoms with E-state index in [4.69, 9.17) is 28.8 Å². The van der Waals surface area contributed by atoms with E-state index in [1.807, 2.05) is 78.9 Å². The van der Waals surface area contributed by atoms with E-state index >= 15 is 0 Å². The summed E-state index contributed by atoms with van der Waals surface area (Å²) < 4.78 is 12.8. The van der Waals surface area contributed by atoms with Crippen molar-refractivity contribution < 1.29 is 8.83 Å². The molecule has 6 nitrogen and oxygen atoms in total. The maximum atomic E-state index is 6.43. The zero-order chi connectivity index (χ0) is 38.4. The number of nitrogens with zero attached hydrogens (tertiary/aromatic N) is 4. The average molecular weight is 745 g/mol. The summed E-state index contributed by atoms with van der Waals surface area (Å²) in [6.45, 7) is 0. The number of oxazole rings is 1. The number of furan rings is 1. The minimum absolute atomic E-state index is 0.567. The standard InChI is InChI=1S/C52H32N4O2/c1-4-11-33(12-5-1)35-19-25-39(26-20-35)50-54-49(38-15-8-3-9-16-38)55-51(56-50)40-27-23-37(24-28-40)42-17-10-18-43-46(42)47-44(57-43)31-32-45-48(47)53-52(58-45)41-29-21-36(22-30-41)34-13-6-2-7-14-34/h1-32H. The van der Waals surface area contributed by atoms with Gasteiger partial charge in [-0.05, 0) is 63.7 Å². The maximum Gasteiger partial charge on any atom is 0.227 e. The van der Waals surface area contributed by atoms with Crippen LogP contribution in [0.2, 0.25) is 0 Å². The van der Waals surface area contributed by atoms with Crippen LogP contribution < -0.4 is 0 Å². The monoisotopic (exact) mass is 744 g/mol. The number of hydrogen-bond donors (Lipinski definition) is 0. The highest BCUT2D eigenvalue weighted by atomic mass is 16.4. The Balaban J connectivity index is 0.971. The average Bonchev–Trinajstić information content (AvgIpc) is 3.92. The smallest absolute Gasteiger partial charge is 0.227 e. The molecule has 0 N–H and O–H groups in total. The lowest BCUT2D eigenvalue weighted by Crippen LogP contribution is -2.00. The minimum Gasteiger partial charge on any atom is -0.456 e. The summed E-state index contributed by atoms with van der Waals surface area (Å²) in [6, 6.07) is 65.9. The fraction of sp³-hybridized carbons (Fsp3) is 0. The van der Waals surface area contributed by atoms with Gasteiger partial charge in [0, 0.05) is 27.6 Å². The Bertz CT molecular complexity index is 3230. The number of benzene rings is 8. The van der Waals surface area contributed by atoms with E-state index in [0.29, 0.717) is 28.9 Å². The van der Waals surface area contributed by atoms with Crippen LogP contribution in [0, 0.1) is 0 Å². The molecule has 11 aromatic rings. The van der Waals surface area contributed by atoms with Crippen LogP contribution in [-0.4, -0.2) is 19.9 Å². The predicted molar refractivity (Wildman–Crippen MR) is 233 cm³/mol.